The molecule has 1 aliphatic heterocycles. The van der Waals surface area contributed by atoms with E-state index in [2.05, 4.69) is 5.32 Å². The van der Waals surface area contributed by atoms with E-state index in [9.17, 15) is 13.2 Å². The van der Waals surface area contributed by atoms with E-state index in [1.54, 1.807) is 36.4 Å². The molecule has 4 rings (SSSR count). The lowest BCUT2D eigenvalue weighted by atomic mass is 10.2. The van der Waals surface area contributed by atoms with Gasteiger partial charge >= 0.3 is 0 Å². The molecule has 0 bridgehead atoms. The van der Waals surface area contributed by atoms with Gasteiger partial charge in [0.15, 0.2) is 11.5 Å². The highest BCUT2D eigenvalue weighted by molar-refractivity contribution is 7.89. The number of rotatable bonds is 9. The lowest BCUT2D eigenvalue weighted by molar-refractivity contribution is -0.116. The molecule has 0 spiro atoms. The molecule has 1 N–H and O–H groups in total. The summed E-state index contributed by atoms with van der Waals surface area (Å²) in [5, 5.41) is 2.73. The number of sulfonamides is 1. The van der Waals surface area contributed by atoms with Crippen molar-refractivity contribution in [1.82, 2.24) is 4.31 Å². The highest BCUT2D eigenvalue weighted by Crippen LogP contribution is 2.34. The van der Waals surface area contributed by atoms with Crippen LogP contribution in [0.1, 0.15) is 5.56 Å². The van der Waals surface area contributed by atoms with Gasteiger partial charge in [0.1, 0.15) is 24.7 Å². The molecule has 0 radical (unpaired) electrons. The van der Waals surface area contributed by atoms with Gasteiger partial charge < -0.3 is 24.3 Å². The molecular formula is C25H26N2O7S. The first-order valence-electron chi connectivity index (χ1n) is 10.9. The number of methoxy groups -OCH3 is 2. The zero-order valence-electron chi connectivity index (χ0n) is 19.4. The molecule has 184 valence electrons. The molecule has 3 aromatic carbocycles. The Bertz CT molecular complexity index is 1300. The number of benzene rings is 3. The summed E-state index contributed by atoms with van der Waals surface area (Å²) in [7, 11) is -1.07. The van der Waals surface area contributed by atoms with Crippen molar-refractivity contribution in [2.24, 2.45) is 0 Å². The summed E-state index contributed by atoms with van der Waals surface area (Å²) < 4.78 is 49.9. The molecule has 35 heavy (non-hydrogen) atoms. The quantitative estimate of drug-likeness (QED) is 0.483. The number of hydrogen-bond acceptors (Lipinski definition) is 7. The van der Waals surface area contributed by atoms with Gasteiger partial charge in [-0.2, -0.15) is 4.31 Å². The van der Waals surface area contributed by atoms with Crippen molar-refractivity contribution < 1.29 is 32.2 Å². The Morgan fingerprint density at radius 2 is 1.69 bits per heavy atom. The van der Waals surface area contributed by atoms with Crippen LogP contribution >= 0.6 is 0 Å². The van der Waals surface area contributed by atoms with Gasteiger partial charge in [0.2, 0.25) is 15.9 Å². The van der Waals surface area contributed by atoms with Crippen LogP contribution in [0.4, 0.5) is 5.69 Å². The maximum atomic E-state index is 13.6. The third kappa shape index (κ3) is 5.67. The summed E-state index contributed by atoms with van der Waals surface area (Å²) in [6.45, 7) is 0.316. The van der Waals surface area contributed by atoms with E-state index in [1.807, 2.05) is 18.2 Å². The van der Waals surface area contributed by atoms with Crippen molar-refractivity contribution in [3.05, 3.63) is 72.3 Å². The van der Waals surface area contributed by atoms with E-state index in [1.165, 1.54) is 26.4 Å². The topological polar surface area (TPSA) is 103 Å². The zero-order chi connectivity index (χ0) is 24.8. The van der Waals surface area contributed by atoms with Crippen LogP contribution in [0.3, 0.4) is 0 Å². The summed E-state index contributed by atoms with van der Waals surface area (Å²) in [4.78, 5) is 13.0. The Kier molecular flexibility index (Phi) is 7.42. The summed E-state index contributed by atoms with van der Waals surface area (Å²) in [5.41, 5.74) is 1.14. The monoisotopic (exact) mass is 498 g/mol. The van der Waals surface area contributed by atoms with Crippen LogP contribution in [-0.2, 0) is 21.4 Å². The van der Waals surface area contributed by atoms with Gasteiger partial charge in [-0.1, -0.05) is 30.3 Å². The molecule has 0 fully saturated rings. The molecule has 0 atom stereocenters. The fraction of sp³-hybridized carbons (Fsp3) is 0.240. The van der Waals surface area contributed by atoms with Gasteiger partial charge in [-0.25, -0.2) is 8.42 Å². The summed E-state index contributed by atoms with van der Waals surface area (Å²) in [6.07, 6.45) is 0. The van der Waals surface area contributed by atoms with E-state index < -0.39 is 22.5 Å². The highest BCUT2D eigenvalue weighted by atomic mass is 32.2. The first kappa shape index (κ1) is 24.4. The minimum Gasteiger partial charge on any atom is -0.497 e. The number of fused-ring (bicyclic) bond motifs is 1. The average molecular weight is 499 g/mol. The average Bonchev–Trinajstić information content (AvgIpc) is 2.88. The number of ether oxygens (including phenoxy) is 4. The first-order chi connectivity index (χ1) is 16.9. The minimum absolute atomic E-state index is 0.00474. The number of hydrogen-bond donors (Lipinski definition) is 1. The van der Waals surface area contributed by atoms with Crippen LogP contribution in [0.15, 0.2) is 71.6 Å². The smallest absolute Gasteiger partial charge is 0.243 e. The molecule has 0 saturated heterocycles. The Morgan fingerprint density at radius 1 is 0.943 bits per heavy atom. The van der Waals surface area contributed by atoms with Crippen molar-refractivity contribution in [3.8, 4) is 23.0 Å². The second-order valence-electron chi connectivity index (χ2n) is 7.68. The van der Waals surface area contributed by atoms with Crippen LogP contribution in [0.25, 0.3) is 0 Å². The first-order valence-corrected chi connectivity index (χ1v) is 12.3. The van der Waals surface area contributed by atoms with E-state index in [4.69, 9.17) is 18.9 Å². The van der Waals surface area contributed by atoms with E-state index in [0.717, 1.165) is 9.87 Å². The number of carbonyl (C=O) groups excluding carboxylic acids is 1. The molecule has 3 aromatic rings. The van der Waals surface area contributed by atoms with Gasteiger partial charge in [0, 0.05) is 18.7 Å². The Morgan fingerprint density at radius 3 is 2.40 bits per heavy atom. The predicted octanol–water partition coefficient (Wildman–Crippen LogP) is 3.30. The third-order valence-electron chi connectivity index (χ3n) is 5.36. The summed E-state index contributed by atoms with van der Waals surface area (Å²) in [5.74, 6) is 1.26. The minimum atomic E-state index is -4.06. The fourth-order valence-electron chi connectivity index (χ4n) is 3.60. The number of amides is 1. The molecule has 10 heteroatoms. The molecule has 0 aromatic heterocycles. The standard InChI is InChI=1S/C25H26N2O7S/c1-31-19-8-10-21(23(14-19)32-2)26-25(28)17-27(16-18-6-4-3-5-7-18)35(29,30)20-9-11-22-24(15-20)34-13-12-33-22/h3-11,14-15H,12-13,16-17H2,1-2H3,(H,26,28). The largest absolute Gasteiger partial charge is 0.497 e. The molecule has 0 aliphatic carbocycles. The van der Waals surface area contributed by atoms with Gasteiger partial charge in [-0.15, -0.1) is 0 Å². The molecule has 0 saturated carbocycles. The maximum absolute atomic E-state index is 13.6. The van der Waals surface area contributed by atoms with E-state index in [0.29, 0.717) is 41.9 Å². The molecule has 1 amide bonds. The summed E-state index contributed by atoms with van der Waals surface area (Å²) in [6, 6.07) is 18.4. The van der Waals surface area contributed by atoms with Crippen molar-refractivity contribution >= 4 is 21.6 Å². The van der Waals surface area contributed by atoms with Crippen molar-refractivity contribution in [1.29, 1.82) is 0 Å². The Hall–Kier alpha value is -3.76. The van der Waals surface area contributed by atoms with Crippen molar-refractivity contribution in [2.75, 3.05) is 39.3 Å². The van der Waals surface area contributed by atoms with Crippen LogP contribution in [0.2, 0.25) is 0 Å². The number of nitrogens with zero attached hydrogens (tertiary/aromatic N) is 1. The molecule has 9 nitrogen and oxygen atoms in total. The van der Waals surface area contributed by atoms with Gasteiger partial charge in [-0.3, -0.25) is 4.79 Å². The lowest BCUT2D eigenvalue weighted by Crippen LogP contribution is -2.37. The fourth-order valence-corrected chi connectivity index (χ4v) is 5.00. The van der Waals surface area contributed by atoms with Crippen LogP contribution in [0, 0.1) is 0 Å². The van der Waals surface area contributed by atoms with E-state index >= 15 is 0 Å². The normalized spacial score (nSPS) is 12.8. The van der Waals surface area contributed by atoms with Gasteiger partial charge in [0.25, 0.3) is 0 Å². The second-order valence-corrected chi connectivity index (χ2v) is 9.62. The Labute approximate surface area is 204 Å². The summed E-state index contributed by atoms with van der Waals surface area (Å²) >= 11 is 0. The molecular weight excluding hydrogens is 472 g/mol. The lowest BCUT2D eigenvalue weighted by Gasteiger charge is -2.24. The van der Waals surface area contributed by atoms with Crippen LogP contribution in [0.5, 0.6) is 23.0 Å². The second kappa shape index (κ2) is 10.7. The number of carbonyl (C=O) groups is 1. The van der Waals surface area contributed by atoms with E-state index in [-0.39, 0.29) is 11.4 Å². The van der Waals surface area contributed by atoms with Crippen molar-refractivity contribution in [2.45, 2.75) is 11.4 Å². The number of anilines is 1. The maximum Gasteiger partial charge on any atom is 0.243 e. The van der Waals surface area contributed by atoms with Gasteiger partial charge in [0.05, 0.1) is 31.3 Å². The number of nitrogens with one attached hydrogen (secondary N) is 1. The zero-order valence-corrected chi connectivity index (χ0v) is 20.2. The molecule has 0 unspecified atom stereocenters. The predicted molar refractivity (Wildman–Crippen MR) is 130 cm³/mol. The third-order valence-corrected chi connectivity index (χ3v) is 7.14. The molecule has 1 heterocycles. The highest BCUT2D eigenvalue weighted by Gasteiger charge is 2.29. The Balaban J connectivity index is 1.61. The van der Waals surface area contributed by atoms with Gasteiger partial charge in [-0.05, 0) is 29.8 Å². The van der Waals surface area contributed by atoms with Crippen molar-refractivity contribution in [3.63, 3.8) is 0 Å². The van der Waals surface area contributed by atoms with Crippen LogP contribution in [-0.4, -0.2) is 52.6 Å². The molecule has 1 aliphatic rings. The van der Waals surface area contributed by atoms with Crippen LogP contribution < -0.4 is 24.3 Å². The SMILES string of the molecule is COc1ccc(NC(=O)CN(Cc2ccccc2)S(=O)(=O)c2ccc3c(c2)OCCO3)c(OC)c1.